The number of carboxylic acid groups (broad SMARTS) is 1. The van der Waals surface area contributed by atoms with Gasteiger partial charge in [0, 0.05) is 6.42 Å². The van der Waals surface area contributed by atoms with Crippen LogP contribution in [-0.4, -0.2) is 30.1 Å². The number of ether oxygens (including phenoxy) is 1. The van der Waals surface area contributed by atoms with Crippen LogP contribution in [0.4, 0.5) is 0 Å². The summed E-state index contributed by atoms with van der Waals surface area (Å²) in [6, 6.07) is 9.34. The molecular formula is C15H19NO4. The summed E-state index contributed by atoms with van der Waals surface area (Å²) in [5.41, 5.74) is -0.829. The number of benzene rings is 1. The van der Waals surface area contributed by atoms with Crippen LogP contribution < -0.4 is 10.1 Å². The van der Waals surface area contributed by atoms with Gasteiger partial charge in [-0.3, -0.25) is 9.59 Å². The van der Waals surface area contributed by atoms with Gasteiger partial charge in [0.05, 0.1) is 12.0 Å². The van der Waals surface area contributed by atoms with Gasteiger partial charge in [0.25, 0.3) is 0 Å². The van der Waals surface area contributed by atoms with E-state index in [1.54, 1.807) is 0 Å². The van der Waals surface area contributed by atoms with Crippen LogP contribution in [0.15, 0.2) is 30.3 Å². The van der Waals surface area contributed by atoms with Crippen molar-refractivity contribution in [3.8, 4) is 5.75 Å². The Morgan fingerprint density at radius 3 is 2.50 bits per heavy atom. The molecule has 1 aromatic carbocycles. The molecule has 0 radical (unpaired) electrons. The van der Waals surface area contributed by atoms with Gasteiger partial charge in [-0.15, -0.1) is 0 Å². The van der Waals surface area contributed by atoms with Crippen molar-refractivity contribution in [2.45, 2.75) is 25.7 Å². The van der Waals surface area contributed by atoms with Crippen molar-refractivity contribution in [3.05, 3.63) is 30.3 Å². The molecule has 1 aliphatic rings. The van der Waals surface area contributed by atoms with E-state index < -0.39 is 11.4 Å². The second-order valence-corrected chi connectivity index (χ2v) is 5.13. The molecule has 2 N–H and O–H groups in total. The lowest BCUT2D eigenvalue weighted by Gasteiger charge is -2.36. The van der Waals surface area contributed by atoms with Crippen LogP contribution in [0.2, 0.25) is 0 Å². The molecule has 1 aliphatic carbocycles. The maximum Gasteiger partial charge on any atom is 0.310 e. The first kappa shape index (κ1) is 14.4. The van der Waals surface area contributed by atoms with Crippen LogP contribution in [0.25, 0.3) is 0 Å². The van der Waals surface area contributed by atoms with E-state index >= 15 is 0 Å². The lowest BCUT2D eigenvalue weighted by atomic mass is 9.66. The van der Waals surface area contributed by atoms with Gasteiger partial charge >= 0.3 is 5.97 Å². The van der Waals surface area contributed by atoms with E-state index in [0.717, 1.165) is 12.2 Å². The van der Waals surface area contributed by atoms with Gasteiger partial charge in [0.2, 0.25) is 5.91 Å². The summed E-state index contributed by atoms with van der Waals surface area (Å²) in [6.45, 7) is 0.749. The number of carbonyl (C=O) groups is 2. The second-order valence-electron chi connectivity index (χ2n) is 5.13. The first-order valence-electron chi connectivity index (χ1n) is 6.80. The highest BCUT2D eigenvalue weighted by molar-refractivity contribution is 5.85. The van der Waals surface area contributed by atoms with Crippen molar-refractivity contribution in [1.82, 2.24) is 5.32 Å². The van der Waals surface area contributed by atoms with Crippen LogP contribution in [0.1, 0.15) is 25.7 Å². The molecule has 1 aromatic rings. The SMILES string of the molecule is O=C(CC1(C(=O)O)CCC1)NCCOc1ccccc1. The van der Waals surface area contributed by atoms with E-state index in [0.29, 0.717) is 26.0 Å². The minimum atomic E-state index is -0.862. The minimum Gasteiger partial charge on any atom is -0.492 e. The Hall–Kier alpha value is -2.04. The van der Waals surface area contributed by atoms with Crippen molar-refractivity contribution < 1.29 is 19.4 Å². The molecule has 0 aliphatic heterocycles. The molecule has 2 rings (SSSR count). The Bertz CT molecular complexity index is 468. The van der Waals surface area contributed by atoms with Crippen molar-refractivity contribution in [1.29, 1.82) is 0 Å². The van der Waals surface area contributed by atoms with Gasteiger partial charge in [-0.1, -0.05) is 24.6 Å². The smallest absolute Gasteiger partial charge is 0.310 e. The number of carbonyl (C=O) groups excluding carboxylic acids is 1. The predicted molar refractivity (Wildman–Crippen MR) is 73.5 cm³/mol. The molecule has 0 spiro atoms. The molecular weight excluding hydrogens is 258 g/mol. The Morgan fingerprint density at radius 1 is 1.25 bits per heavy atom. The second kappa shape index (κ2) is 6.41. The van der Waals surface area contributed by atoms with Gasteiger partial charge in [-0.2, -0.15) is 0 Å². The Labute approximate surface area is 117 Å². The zero-order chi connectivity index (χ0) is 14.4. The Kier molecular flexibility index (Phi) is 4.61. The van der Waals surface area contributed by atoms with Gasteiger partial charge in [0.15, 0.2) is 0 Å². The van der Waals surface area contributed by atoms with E-state index in [1.807, 2.05) is 30.3 Å². The molecule has 1 saturated carbocycles. The fourth-order valence-corrected chi connectivity index (χ4v) is 2.32. The Balaban J connectivity index is 1.67. The highest BCUT2D eigenvalue weighted by Gasteiger charge is 2.45. The van der Waals surface area contributed by atoms with Gasteiger partial charge < -0.3 is 15.2 Å². The molecule has 20 heavy (non-hydrogen) atoms. The molecule has 1 amide bonds. The van der Waals surface area contributed by atoms with E-state index in [2.05, 4.69) is 5.32 Å². The minimum absolute atomic E-state index is 0.0632. The average Bonchev–Trinajstić information content (AvgIpc) is 2.40. The molecule has 0 atom stereocenters. The van der Waals surface area contributed by atoms with Crippen molar-refractivity contribution in [2.75, 3.05) is 13.2 Å². The largest absolute Gasteiger partial charge is 0.492 e. The average molecular weight is 277 g/mol. The maximum atomic E-state index is 11.7. The number of amides is 1. The molecule has 0 saturated heterocycles. The van der Waals surface area contributed by atoms with Crippen LogP contribution in [0, 0.1) is 5.41 Å². The highest BCUT2D eigenvalue weighted by atomic mass is 16.5. The van der Waals surface area contributed by atoms with Crippen molar-refractivity contribution in [3.63, 3.8) is 0 Å². The molecule has 5 heteroatoms. The van der Waals surface area contributed by atoms with E-state index in [-0.39, 0.29) is 12.3 Å². The lowest BCUT2D eigenvalue weighted by Crippen LogP contribution is -2.43. The summed E-state index contributed by atoms with van der Waals surface area (Å²) in [6.07, 6.45) is 2.14. The van der Waals surface area contributed by atoms with Gasteiger partial charge in [-0.25, -0.2) is 0 Å². The molecule has 108 valence electrons. The molecule has 0 bridgehead atoms. The molecule has 0 aromatic heterocycles. The number of para-hydroxylation sites is 1. The molecule has 1 fully saturated rings. The first-order chi connectivity index (χ1) is 9.62. The zero-order valence-corrected chi connectivity index (χ0v) is 11.3. The summed E-state index contributed by atoms with van der Waals surface area (Å²) < 4.78 is 5.44. The predicted octanol–water partition coefficient (Wildman–Crippen LogP) is 1.83. The molecule has 5 nitrogen and oxygen atoms in total. The zero-order valence-electron chi connectivity index (χ0n) is 11.3. The fraction of sp³-hybridized carbons (Fsp3) is 0.467. The number of rotatable bonds is 7. The van der Waals surface area contributed by atoms with Gasteiger partial charge in [0.1, 0.15) is 12.4 Å². The fourth-order valence-electron chi connectivity index (χ4n) is 2.32. The summed E-state index contributed by atoms with van der Waals surface area (Å²) in [5, 5.41) is 11.9. The standard InChI is InChI=1S/C15H19NO4/c17-13(11-15(14(18)19)7-4-8-15)16-9-10-20-12-5-2-1-3-6-12/h1-3,5-6H,4,7-11H2,(H,16,17)(H,18,19). The molecule has 0 heterocycles. The molecule has 0 unspecified atom stereocenters. The highest BCUT2D eigenvalue weighted by Crippen LogP contribution is 2.44. The third-order valence-electron chi connectivity index (χ3n) is 3.70. The quantitative estimate of drug-likeness (QED) is 0.745. The lowest BCUT2D eigenvalue weighted by molar-refractivity contribution is -0.157. The summed E-state index contributed by atoms with van der Waals surface area (Å²) in [7, 11) is 0. The number of nitrogens with one attached hydrogen (secondary N) is 1. The summed E-state index contributed by atoms with van der Waals surface area (Å²) >= 11 is 0. The van der Waals surface area contributed by atoms with Crippen LogP contribution in [-0.2, 0) is 9.59 Å². The van der Waals surface area contributed by atoms with Crippen molar-refractivity contribution in [2.24, 2.45) is 5.41 Å². The first-order valence-corrected chi connectivity index (χ1v) is 6.80. The number of carboxylic acids is 1. The topological polar surface area (TPSA) is 75.6 Å². The number of aliphatic carboxylic acids is 1. The van der Waals surface area contributed by atoms with Crippen molar-refractivity contribution >= 4 is 11.9 Å². The number of hydrogen-bond donors (Lipinski definition) is 2. The Morgan fingerprint density at radius 2 is 1.95 bits per heavy atom. The third-order valence-corrected chi connectivity index (χ3v) is 3.70. The monoisotopic (exact) mass is 277 g/mol. The maximum absolute atomic E-state index is 11.7. The number of hydrogen-bond acceptors (Lipinski definition) is 3. The van der Waals surface area contributed by atoms with Gasteiger partial charge in [-0.05, 0) is 25.0 Å². The normalized spacial score (nSPS) is 16.0. The summed E-state index contributed by atoms with van der Waals surface area (Å²) in [5.74, 6) is -0.328. The van der Waals surface area contributed by atoms with Crippen LogP contribution in [0.5, 0.6) is 5.75 Å². The van der Waals surface area contributed by atoms with Crippen LogP contribution >= 0.6 is 0 Å². The van der Waals surface area contributed by atoms with Crippen LogP contribution in [0.3, 0.4) is 0 Å². The van der Waals surface area contributed by atoms with E-state index in [9.17, 15) is 9.59 Å². The summed E-state index contributed by atoms with van der Waals surface area (Å²) in [4.78, 5) is 22.9. The van der Waals surface area contributed by atoms with E-state index in [4.69, 9.17) is 9.84 Å². The van der Waals surface area contributed by atoms with E-state index in [1.165, 1.54) is 0 Å². The third kappa shape index (κ3) is 3.50.